The van der Waals surface area contributed by atoms with Crippen molar-refractivity contribution in [3.8, 4) is 0 Å². The van der Waals surface area contributed by atoms with Crippen LogP contribution >= 0.6 is 23.5 Å². The van der Waals surface area contributed by atoms with Crippen LogP contribution in [-0.4, -0.2) is 38.8 Å². The molecule has 1 aromatic carbocycles. The molecule has 8 heteroatoms. The van der Waals surface area contributed by atoms with Crippen molar-refractivity contribution in [1.29, 1.82) is 0 Å². The number of carboxylic acid groups (broad SMARTS) is 1. The van der Waals surface area contributed by atoms with Gasteiger partial charge in [0.15, 0.2) is 0 Å². The van der Waals surface area contributed by atoms with Gasteiger partial charge in [-0.25, -0.2) is 14.8 Å². The second-order valence-corrected chi connectivity index (χ2v) is 6.67. The maximum Gasteiger partial charge on any atom is 0.339 e. The number of hydrogen-bond acceptors (Lipinski definition) is 7. The summed E-state index contributed by atoms with van der Waals surface area (Å²) in [6.07, 6.45) is 6.44. The van der Waals surface area contributed by atoms with E-state index in [4.69, 9.17) is 4.74 Å². The van der Waals surface area contributed by atoms with Crippen LogP contribution in [0.1, 0.15) is 11.1 Å². The van der Waals surface area contributed by atoms with Gasteiger partial charge in [-0.3, -0.25) is 0 Å². The van der Waals surface area contributed by atoms with Crippen molar-refractivity contribution >= 4 is 45.4 Å². The fourth-order valence-electron chi connectivity index (χ4n) is 1.96. The number of aliphatic carboxylic acids is 1. The first-order chi connectivity index (χ1) is 12.2. The van der Waals surface area contributed by atoms with E-state index in [0.717, 1.165) is 9.94 Å². The lowest BCUT2D eigenvalue weighted by Crippen LogP contribution is -2.03. The van der Waals surface area contributed by atoms with Gasteiger partial charge in [-0.15, -0.1) is 11.8 Å². The molecule has 1 N–H and O–H groups in total. The molecule has 0 atom stereocenters. The normalized spacial score (nSPS) is 12.1. The number of benzene rings is 1. The third-order valence-corrected chi connectivity index (χ3v) is 5.13. The van der Waals surface area contributed by atoms with Gasteiger partial charge in [-0.05, 0) is 23.4 Å². The number of nitrogens with zero attached hydrogens (tertiary/aromatic N) is 3. The third kappa shape index (κ3) is 5.61. The average Bonchev–Trinajstić information content (AvgIpc) is 2.64. The second-order valence-electron chi connectivity index (χ2n) is 4.65. The van der Waals surface area contributed by atoms with Crippen LogP contribution in [0.15, 0.2) is 54.0 Å². The Kier molecular flexibility index (Phi) is 7.49. The van der Waals surface area contributed by atoms with E-state index in [1.54, 1.807) is 30.6 Å². The Hall–Kier alpha value is -2.32. The Morgan fingerprint density at radius 2 is 2.00 bits per heavy atom. The third-order valence-electron chi connectivity index (χ3n) is 3.04. The van der Waals surface area contributed by atoms with Gasteiger partial charge < -0.3 is 9.84 Å². The molecular formula is C17H17N3O3S2. The number of carbonyl (C=O) groups is 1. The highest BCUT2D eigenvalue weighted by Gasteiger charge is 2.15. The van der Waals surface area contributed by atoms with Crippen LogP contribution in [0.4, 0.5) is 5.95 Å². The van der Waals surface area contributed by atoms with Gasteiger partial charge in [0, 0.05) is 18.1 Å². The largest absolute Gasteiger partial charge is 0.503 e. The molecule has 0 saturated carbocycles. The van der Waals surface area contributed by atoms with Crippen molar-refractivity contribution in [3.63, 3.8) is 0 Å². The molecule has 2 rings (SSSR count). The SMILES string of the molecule is COC=C(C(=O)O)c1ccccc1CSC(=Nc1ncccn1)SC. The fraction of sp³-hybridized carbons (Fsp3) is 0.176. The zero-order valence-corrected chi connectivity index (χ0v) is 15.4. The van der Waals surface area contributed by atoms with Gasteiger partial charge in [0.2, 0.25) is 0 Å². The molecular weight excluding hydrogens is 358 g/mol. The van der Waals surface area contributed by atoms with Crippen LogP contribution < -0.4 is 0 Å². The Balaban J connectivity index is 2.22. The summed E-state index contributed by atoms with van der Waals surface area (Å²) in [6, 6.07) is 9.08. The molecule has 0 unspecified atom stereocenters. The van der Waals surface area contributed by atoms with Crippen LogP contribution in [0.5, 0.6) is 0 Å². The zero-order valence-electron chi connectivity index (χ0n) is 13.7. The first kappa shape index (κ1) is 19.0. The average molecular weight is 375 g/mol. The highest BCUT2D eigenvalue weighted by molar-refractivity contribution is 8.38. The molecule has 25 heavy (non-hydrogen) atoms. The molecule has 0 saturated heterocycles. The molecule has 0 spiro atoms. The summed E-state index contributed by atoms with van der Waals surface area (Å²) in [7, 11) is 1.43. The van der Waals surface area contributed by atoms with E-state index in [9.17, 15) is 9.90 Å². The predicted octanol–water partition coefficient (Wildman–Crippen LogP) is 3.83. The maximum atomic E-state index is 11.5. The number of hydrogen-bond donors (Lipinski definition) is 1. The van der Waals surface area contributed by atoms with Crippen molar-refractivity contribution in [3.05, 3.63) is 60.1 Å². The van der Waals surface area contributed by atoms with E-state index in [-0.39, 0.29) is 5.57 Å². The molecule has 0 amide bonds. The van der Waals surface area contributed by atoms with Gasteiger partial charge in [0.1, 0.15) is 9.95 Å². The van der Waals surface area contributed by atoms with Gasteiger partial charge in [0.25, 0.3) is 5.95 Å². The van der Waals surface area contributed by atoms with Gasteiger partial charge in [-0.2, -0.15) is 4.99 Å². The maximum absolute atomic E-state index is 11.5. The minimum absolute atomic E-state index is 0.118. The van der Waals surface area contributed by atoms with E-state index in [1.165, 1.54) is 36.9 Å². The highest BCUT2D eigenvalue weighted by atomic mass is 32.2. The second kappa shape index (κ2) is 9.85. The topological polar surface area (TPSA) is 84.7 Å². The molecule has 0 aliphatic heterocycles. The lowest BCUT2D eigenvalue weighted by Gasteiger charge is -2.10. The van der Waals surface area contributed by atoms with Gasteiger partial charge in [0.05, 0.1) is 13.4 Å². The molecule has 0 fully saturated rings. The van der Waals surface area contributed by atoms with Crippen molar-refractivity contribution < 1.29 is 14.6 Å². The molecule has 1 heterocycles. The first-order valence-corrected chi connectivity index (χ1v) is 9.43. The van der Waals surface area contributed by atoms with Crippen molar-refractivity contribution in [2.45, 2.75) is 5.75 Å². The number of methoxy groups -OCH3 is 1. The van der Waals surface area contributed by atoms with Crippen molar-refractivity contribution in [2.24, 2.45) is 4.99 Å². The van der Waals surface area contributed by atoms with Crippen LogP contribution in [0.2, 0.25) is 0 Å². The predicted molar refractivity (Wildman–Crippen MR) is 103 cm³/mol. The quantitative estimate of drug-likeness (QED) is 0.355. The number of carboxylic acids is 1. The molecule has 6 nitrogen and oxygen atoms in total. The number of aromatic nitrogens is 2. The van der Waals surface area contributed by atoms with Crippen LogP contribution in [0.25, 0.3) is 5.57 Å². The molecule has 1 aromatic heterocycles. The number of rotatable bonds is 6. The highest BCUT2D eigenvalue weighted by Crippen LogP contribution is 2.27. The standard InChI is InChI=1S/C17H17N3O3S2/c1-23-10-14(15(21)22)13-7-4-3-6-12(13)11-25-17(24-2)20-16-18-8-5-9-19-16/h3-10H,11H2,1-2H3,(H,21,22). The van der Waals surface area contributed by atoms with E-state index in [2.05, 4.69) is 15.0 Å². The summed E-state index contributed by atoms with van der Waals surface area (Å²) in [5.74, 6) is -0.0642. The smallest absolute Gasteiger partial charge is 0.339 e. The van der Waals surface area contributed by atoms with Gasteiger partial charge >= 0.3 is 5.97 Å². The summed E-state index contributed by atoms with van der Waals surface area (Å²) in [5, 5.41) is 9.40. The van der Waals surface area contributed by atoms with Crippen molar-refractivity contribution in [2.75, 3.05) is 13.4 Å². The first-order valence-electron chi connectivity index (χ1n) is 7.22. The summed E-state index contributed by atoms with van der Waals surface area (Å²) in [4.78, 5) is 24.1. The number of thioether (sulfide) groups is 2. The minimum atomic E-state index is -1.03. The summed E-state index contributed by atoms with van der Waals surface area (Å²) in [5.41, 5.74) is 1.63. The fourth-order valence-corrected chi connectivity index (χ4v) is 3.46. The Bertz CT molecular complexity index is 780. The molecule has 0 bridgehead atoms. The van der Waals surface area contributed by atoms with Crippen LogP contribution in [-0.2, 0) is 15.3 Å². The van der Waals surface area contributed by atoms with Crippen molar-refractivity contribution in [1.82, 2.24) is 9.97 Å². The van der Waals surface area contributed by atoms with E-state index >= 15 is 0 Å². The molecule has 0 aliphatic carbocycles. The van der Waals surface area contributed by atoms with E-state index in [1.807, 2.05) is 18.4 Å². The lowest BCUT2D eigenvalue weighted by molar-refractivity contribution is -0.130. The summed E-state index contributed by atoms with van der Waals surface area (Å²) < 4.78 is 5.71. The number of ether oxygens (including phenoxy) is 1. The number of aliphatic imine (C=N–C) groups is 1. The monoisotopic (exact) mass is 375 g/mol. The molecule has 0 aliphatic rings. The Morgan fingerprint density at radius 3 is 2.64 bits per heavy atom. The van der Waals surface area contributed by atoms with E-state index in [0.29, 0.717) is 17.3 Å². The van der Waals surface area contributed by atoms with Gasteiger partial charge in [-0.1, -0.05) is 36.0 Å². The molecule has 0 radical (unpaired) electrons. The summed E-state index contributed by atoms with van der Waals surface area (Å²) >= 11 is 2.99. The Labute approximate surface area is 154 Å². The zero-order chi connectivity index (χ0) is 18.1. The summed E-state index contributed by atoms with van der Waals surface area (Å²) in [6.45, 7) is 0. The minimum Gasteiger partial charge on any atom is -0.503 e. The van der Waals surface area contributed by atoms with Crippen LogP contribution in [0, 0.1) is 0 Å². The molecule has 2 aromatic rings. The van der Waals surface area contributed by atoms with E-state index < -0.39 is 5.97 Å². The van der Waals surface area contributed by atoms with Crippen LogP contribution in [0.3, 0.4) is 0 Å². The Morgan fingerprint density at radius 1 is 1.28 bits per heavy atom. The molecule has 130 valence electrons. The lowest BCUT2D eigenvalue weighted by atomic mass is 10.0.